The molecule has 0 N–H and O–H groups in total. The van der Waals surface area contributed by atoms with Gasteiger partial charge in [0.05, 0.1) is 46.9 Å². The van der Waals surface area contributed by atoms with Gasteiger partial charge in [0.15, 0.2) is 6.79 Å². The molecule has 8 nitrogen and oxygen atoms in total. The topological polar surface area (TPSA) is 110 Å². The number of aromatic nitrogens is 4. The number of ether oxygens (including phenoxy) is 2. The number of nitriles is 2. The first kappa shape index (κ1) is 24.1. The maximum atomic E-state index is 9.77. The average Bonchev–Trinajstić information content (AvgIpc) is 3.25. The molecule has 0 bridgehead atoms. The van der Waals surface area contributed by atoms with Gasteiger partial charge in [-0.15, -0.1) is 0 Å². The predicted molar refractivity (Wildman–Crippen MR) is 135 cm³/mol. The second-order valence-electron chi connectivity index (χ2n) is 9.33. The fourth-order valence-corrected chi connectivity index (χ4v) is 4.27. The molecule has 0 aliphatic heterocycles. The highest BCUT2D eigenvalue weighted by Crippen LogP contribution is 2.26. The molecule has 0 spiro atoms. The molecule has 0 radical (unpaired) electrons. The van der Waals surface area contributed by atoms with Crippen LogP contribution in [0.3, 0.4) is 0 Å². The molecule has 0 fully saturated rings. The van der Waals surface area contributed by atoms with Crippen molar-refractivity contribution in [2.45, 2.75) is 32.2 Å². The molecule has 0 unspecified atom stereocenters. The first-order valence-electron chi connectivity index (χ1n) is 11.3. The molecule has 3 heterocycles. The van der Waals surface area contributed by atoms with Crippen LogP contribution in [0.1, 0.15) is 16.8 Å². The lowest BCUT2D eigenvalue weighted by Crippen LogP contribution is -2.22. The van der Waals surface area contributed by atoms with Crippen molar-refractivity contribution in [3.8, 4) is 29.3 Å². The predicted octanol–water partition coefficient (Wildman–Crippen LogP) is 4.98. The summed E-state index contributed by atoms with van der Waals surface area (Å²) in [6.45, 7) is 8.06. The van der Waals surface area contributed by atoms with Gasteiger partial charge in [0.2, 0.25) is 0 Å². The van der Waals surface area contributed by atoms with Gasteiger partial charge in [0.25, 0.3) is 0 Å². The van der Waals surface area contributed by atoms with E-state index < -0.39 is 8.07 Å². The van der Waals surface area contributed by atoms with Gasteiger partial charge in [-0.1, -0.05) is 31.8 Å². The van der Waals surface area contributed by atoms with Gasteiger partial charge < -0.3 is 14.0 Å². The van der Waals surface area contributed by atoms with E-state index in [2.05, 4.69) is 41.7 Å². The zero-order chi connectivity index (χ0) is 24.8. The Labute approximate surface area is 205 Å². The van der Waals surface area contributed by atoms with E-state index in [9.17, 15) is 10.5 Å². The quantitative estimate of drug-likeness (QED) is 0.188. The zero-order valence-electron chi connectivity index (χ0n) is 20.0. The Morgan fingerprint density at radius 3 is 2.54 bits per heavy atom. The average molecular weight is 483 g/mol. The summed E-state index contributed by atoms with van der Waals surface area (Å²) < 4.78 is 13.2. The lowest BCUT2D eigenvalue weighted by molar-refractivity contribution is 0.0218. The highest BCUT2D eigenvalue weighted by Gasteiger charge is 2.16. The summed E-state index contributed by atoms with van der Waals surface area (Å²) in [6.07, 6.45) is 3.29. The number of nitrogens with zero attached hydrogens (tertiary/aromatic N) is 6. The third-order valence-electron chi connectivity index (χ3n) is 5.45. The van der Waals surface area contributed by atoms with E-state index in [-0.39, 0.29) is 12.4 Å². The number of imidazole rings is 1. The Bertz CT molecular complexity index is 1430. The van der Waals surface area contributed by atoms with Gasteiger partial charge in [0.1, 0.15) is 29.3 Å². The number of benzene rings is 1. The molecule has 0 atom stereocenters. The van der Waals surface area contributed by atoms with E-state index in [0.29, 0.717) is 35.9 Å². The van der Waals surface area contributed by atoms with Crippen LogP contribution in [0.25, 0.3) is 22.4 Å². The van der Waals surface area contributed by atoms with Crippen molar-refractivity contribution in [3.63, 3.8) is 0 Å². The monoisotopic (exact) mass is 482 g/mol. The highest BCUT2D eigenvalue weighted by molar-refractivity contribution is 6.76. The van der Waals surface area contributed by atoms with Gasteiger partial charge in [0, 0.05) is 20.7 Å². The number of para-hydroxylation sites is 2. The first-order chi connectivity index (χ1) is 16.9. The Balaban J connectivity index is 1.55. The molecule has 0 aliphatic carbocycles. The lowest BCUT2D eigenvalue weighted by atomic mass is 10.1. The van der Waals surface area contributed by atoms with Crippen LogP contribution in [-0.4, -0.2) is 41.0 Å². The van der Waals surface area contributed by atoms with Crippen LogP contribution in [0.4, 0.5) is 0 Å². The smallest absolute Gasteiger partial charge is 0.189 e. The van der Waals surface area contributed by atoms with Gasteiger partial charge in [-0.05, 0) is 30.3 Å². The Morgan fingerprint density at radius 1 is 0.971 bits per heavy atom. The summed E-state index contributed by atoms with van der Waals surface area (Å²) in [5.41, 5.74) is 3.94. The van der Waals surface area contributed by atoms with Crippen molar-refractivity contribution >= 4 is 19.1 Å². The summed E-state index contributed by atoms with van der Waals surface area (Å²) in [5, 5.41) is 19.4. The number of rotatable bonds is 9. The Kier molecular flexibility index (Phi) is 7.21. The van der Waals surface area contributed by atoms with E-state index in [4.69, 9.17) is 14.5 Å². The molecule has 0 amide bonds. The van der Waals surface area contributed by atoms with Crippen molar-refractivity contribution in [2.24, 2.45) is 0 Å². The molecule has 176 valence electrons. The van der Waals surface area contributed by atoms with Gasteiger partial charge in [-0.3, -0.25) is 0 Å². The molecule has 4 aromatic rings. The number of fused-ring (bicyclic) bond motifs is 1. The van der Waals surface area contributed by atoms with Crippen LogP contribution in [0.5, 0.6) is 5.75 Å². The summed E-state index contributed by atoms with van der Waals surface area (Å²) in [5.74, 6) is 0.429. The van der Waals surface area contributed by atoms with E-state index >= 15 is 0 Å². The van der Waals surface area contributed by atoms with Crippen molar-refractivity contribution in [3.05, 3.63) is 71.8 Å². The SMILES string of the molecule is C[Si](C)(C)CCOCOc1cnc(-c2nc(Cn3cnc4ccccc43)ccc2C#N)c(C#N)c1. The maximum Gasteiger partial charge on any atom is 0.189 e. The van der Waals surface area contributed by atoms with E-state index in [1.165, 1.54) is 6.20 Å². The van der Waals surface area contributed by atoms with Crippen LogP contribution < -0.4 is 4.74 Å². The molecule has 0 aliphatic rings. The van der Waals surface area contributed by atoms with Crippen molar-refractivity contribution < 1.29 is 9.47 Å². The van der Waals surface area contributed by atoms with Crippen LogP contribution in [0.15, 0.2) is 55.0 Å². The molecule has 3 aromatic heterocycles. The third-order valence-corrected chi connectivity index (χ3v) is 7.15. The summed E-state index contributed by atoms with van der Waals surface area (Å²) in [6, 6.07) is 18.3. The summed E-state index contributed by atoms with van der Waals surface area (Å²) in [4.78, 5) is 13.5. The molecule has 4 rings (SSSR count). The van der Waals surface area contributed by atoms with E-state index in [0.717, 1.165) is 22.8 Å². The molecular formula is C26H26N6O2Si. The van der Waals surface area contributed by atoms with Crippen molar-refractivity contribution in [1.82, 2.24) is 19.5 Å². The lowest BCUT2D eigenvalue weighted by Gasteiger charge is -2.15. The number of hydrogen-bond donors (Lipinski definition) is 0. The van der Waals surface area contributed by atoms with Gasteiger partial charge in [-0.25, -0.2) is 15.0 Å². The van der Waals surface area contributed by atoms with Gasteiger partial charge >= 0.3 is 0 Å². The molecule has 0 saturated heterocycles. The Morgan fingerprint density at radius 2 is 1.77 bits per heavy atom. The first-order valence-corrected chi connectivity index (χ1v) is 15.0. The number of pyridine rings is 2. The minimum absolute atomic E-state index is 0.0897. The van der Waals surface area contributed by atoms with E-state index in [1.54, 1.807) is 24.5 Å². The van der Waals surface area contributed by atoms with Crippen LogP contribution in [-0.2, 0) is 11.3 Å². The molecular weight excluding hydrogens is 456 g/mol. The zero-order valence-corrected chi connectivity index (χ0v) is 21.0. The van der Waals surface area contributed by atoms with E-state index in [1.807, 2.05) is 28.8 Å². The largest absolute Gasteiger partial charge is 0.466 e. The summed E-state index contributed by atoms with van der Waals surface area (Å²) in [7, 11) is -1.17. The Hall–Kier alpha value is -4.05. The van der Waals surface area contributed by atoms with Crippen LogP contribution in [0, 0.1) is 22.7 Å². The van der Waals surface area contributed by atoms with Crippen molar-refractivity contribution in [2.75, 3.05) is 13.4 Å². The highest BCUT2D eigenvalue weighted by atomic mass is 28.3. The second kappa shape index (κ2) is 10.5. The molecule has 9 heteroatoms. The molecule has 1 aromatic carbocycles. The maximum absolute atomic E-state index is 9.77. The minimum Gasteiger partial charge on any atom is -0.466 e. The number of hydrogen-bond acceptors (Lipinski definition) is 7. The normalized spacial score (nSPS) is 11.2. The second-order valence-corrected chi connectivity index (χ2v) is 15.0. The standard InChI is InChI=1S/C26H26N6O2Si/c1-35(2,3)11-10-33-18-34-22-12-20(14-28)25(29-15-22)26-19(13-27)8-9-21(31-26)16-32-17-30-23-6-4-5-7-24(23)32/h4-9,12,15,17H,10-11,16,18H2,1-3H3. The van der Waals surface area contributed by atoms with Gasteiger partial charge in [-0.2, -0.15) is 10.5 Å². The minimum atomic E-state index is -1.17. The summed E-state index contributed by atoms with van der Waals surface area (Å²) >= 11 is 0. The fourth-order valence-electron chi connectivity index (χ4n) is 3.51. The van der Waals surface area contributed by atoms with Crippen molar-refractivity contribution in [1.29, 1.82) is 10.5 Å². The molecule has 0 saturated carbocycles. The molecule has 35 heavy (non-hydrogen) atoms. The van der Waals surface area contributed by atoms with Crippen LogP contribution >= 0.6 is 0 Å². The fraction of sp³-hybridized carbons (Fsp3) is 0.269. The third kappa shape index (κ3) is 5.90. The van der Waals surface area contributed by atoms with Crippen LogP contribution in [0.2, 0.25) is 25.7 Å².